The molecule has 2 aliphatic heterocycles. The van der Waals surface area contributed by atoms with Crippen LogP contribution in [-0.2, 0) is 25.8 Å². The molecule has 0 radical (unpaired) electrons. The Morgan fingerprint density at radius 2 is 2.31 bits per heavy atom. The van der Waals surface area contributed by atoms with E-state index in [-0.39, 0.29) is 28.8 Å². The van der Waals surface area contributed by atoms with Crippen molar-refractivity contribution < 1.29 is 28.9 Å². The number of amides is 2. The zero-order valence-corrected chi connectivity index (χ0v) is 19.8. The van der Waals surface area contributed by atoms with Crippen molar-refractivity contribution in [3.63, 3.8) is 0 Å². The first kappa shape index (κ1) is 22.8. The van der Waals surface area contributed by atoms with Gasteiger partial charge in [-0.1, -0.05) is 5.16 Å². The summed E-state index contributed by atoms with van der Waals surface area (Å²) in [4.78, 5) is 55.4. The van der Waals surface area contributed by atoms with Gasteiger partial charge in [-0.15, -0.1) is 23.1 Å². The number of carbonyl (C=O) groups is 3. The Morgan fingerprint density at radius 3 is 3.03 bits per heavy atom. The third-order valence-electron chi connectivity index (χ3n) is 5.51. The van der Waals surface area contributed by atoms with Crippen LogP contribution in [0.15, 0.2) is 46.5 Å². The van der Waals surface area contributed by atoms with Gasteiger partial charge in [0, 0.05) is 16.7 Å². The summed E-state index contributed by atoms with van der Waals surface area (Å²) >= 11 is 2.50. The molecule has 5 rings (SSSR count). The number of thioether (sulfide) groups is 1. The van der Waals surface area contributed by atoms with E-state index in [1.807, 2.05) is 16.7 Å². The van der Waals surface area contributed by atoms with Gasteiger partial charge in [-0.3, -0.25) is 14.5 Å². The second-order valence-corrected chi connectivity index (χ2v) is 9.58. The van der Waals surface area contributed by atoms with E-state index in [0.29, 0.717) is 17.0 Å². The minimum Gasteiger partial charge on any atom is -0.477 e. The van der Waals surface area contributed by atoms with Crippen molar-refractivity contribution in [2.75, 3.05) is 18.6 Å². The monoisotopic (exact) mass is 515 g/mol. The van der Waals surface area contributed by atoms with Crippen LogP contribution < -0.4 is 15.6 Å². The van der Waals surface area contributed by atoms with Gasteiger partial charge in [0.15, 0.2) is 10.8 Å². The van der Waals surface area contributed by atoms with E-state index >= 15 is 0 Å². The summed E-state index contributed by atoms with van der Waals surface area (Å²) in [7, 11) is 1.28. The minimum atomic E-state index is -1.21. The molecule has 5 heterocycles. The van der Waals surface area contributed by atoms with Crippen molar-refractivity contribution in [3.8, 4) is 0 Å². The predicted octanol–water partition coefficient (Wildman–Crippen LogP) is -0.322. The first-order valence-electron chi connectivity index (χ1n) is 10.2. The molecule has 1 saturated heterocycles. The lowest BCUT2D eigenvalue weighted by atomic mass is 10.0. The normalized spacial score (nSPS) is 20.0. The second-order valence-electron chi connectivity index (χ2n) is 7.59. The Balaban J connectivity index is 1.38. The van der Waals surface area contributed by atoms with E-state index < -0.39 is 29.2 Å². The number of fused-ring (bicyclic) bond motifs is 2. The van der Waals surface area contributed by atoms with E-state index in [2.05, 4.69) is 25.4 Å². The number of carbonyl (C=O) groups excluding carboxylic acids is 2. The molecule has 3 aromatic rings. The van der Waals surface area contributed by atoms with Gasteiger partial charge in [0.25, 0.3) is 11.8 Å². The van der Waals surface area contributed by atoms with Crippen LogP contribution >= 0.6 is 23.1 Å². The van der Waals surface area contributed by atoms with Crippen molar-refractivity contribution in [2.24, 2.45) is 5.16 Å². The van der Waals surface area contributed by atoms with Crippen molar-refractivity contribution in [2.45, 2.75) is 18.0 Å². The molecule has 0 aromatic carbocycles. The number of H-pyrrole nitrogens is 1. The largest absolute Gasteiger partial charge is 0.477 e. The Morgan fingerprint density at radius 1 is 1.49 bits per heavy atom. The molecule has 0 bridgehead atoms. The fraction of sp³-hybridized carbons (Fsp3) is 0.250. The van der Waals surface area contributed by atoms with Crippen LogP contribution in [0.5, 0.6) is 0 Å². The minimum absolute atomic E-state index is 0.0812. The van der Waals surface area contributed by atoms with Crippen molar-refractivity contribution in [1.82, 2.24) is 25.2 Å². The number of aliphatic carboxylic acids is 1. The van der Waals surface area contributed by atoms with Crippen LogP contribution in [0.2, 0.25) is 0 Å². The summed E-state index contributed by atoms with van der Waals surface area (Å²) in [5, 5.41) is 17.5. The van der Waals surface area contributed by atoms with Crippen LogP contribution in [0.4, 0.5) is 5.13 Å². The van der Waals surface area contributed by atoms with Crippen LogP contribution in [0, 0.1) is 0 Å². The molecule has 0 saturated carbocycles. The molecule has 180 valence electrons. The number of anilines is 1. The second kappa shape index (κ2) is 8.99. The number of nitrogens with zero attached hydrogens (tertiary/aromatic N) is 5. The Kier molecular flexibility index (Phi) is 5.86. The number of carboxylic acids is 1. The fourth-order valence-electron chi connectivity index (χ4n) is 4.00. The van der Waals surface area contributed by atoms with Crippen LogP contribution in [0.3, 0.4) is 0 Å². The number of nitrogens with two attached hydrogens (primary N) is 1. The molecule has 2 amide bonds. The fourth-order valence-corrected chi connectivity index (χ4v) is 5.89. The van der Waals surface area contributed by atoms with E-state index in [0.717, 1.165) is 16.9 Å². The number of imidazole rings is 1. The number of aromatic amines is 1. The van der Waals surface area contributed by atoms with E-state index in [4.69, 9.17) is 10.6 Å². The highest BCUT2D eigenvalue weighted by Gasteiger charge is 2.54. The average Bonchev–Trinajstić information content (AvgIpc) is 3.49. The van der Waals surface area contributed by atoms with Crippen LogP contribution in [0.25, 0.3) is 11.2 Å². The van der Waals surface area contributed by atoms with Gasteiger partial charge in [-0.25, -0.2) is 14.3 Å². The van der Waals surface area contributed by atoms with E-state index in [1.54, 1.807) is 17.9 Å². The summed E-state index contributed by atoms with van der Waals surface area (Å²) in [6.07, 6.45) is 3.36. The summed E-state index contributed by atoms with van der Waals surface area (Å²) in [5.74, 6) is -2.05. The van der Waals surface area contributed by atoms with Gasteiger partial charge < -0.3 is 26.0 Å². The lowest BCUT2D eigenvalue weighted by molar-refractivity contribution is -0.664. The lowest BCUT2D eigenvalue weighted by Gasteiger charge is -2.49. The van der Waals surface area contributed by atoms with Gasteiger partial charge in [-0.05, 0) is 17.1 Å². The topological polar surface area (TPSA) is 180 Å². The number of thiazole rings is 1. The molecule has 3 aromatic heterocycles. The number of aromatic nitrogens is 4. The molecule has 0 spiro atoms. The standard InChI is InChI=1S/C20H18N8O5S2/c1-33-26-12(11-7-35-20(21)24-11)16(29)25-13-17(30)28-14(19(31)32)9(6-34-18(13)28)5-27-4-2-3-10-15(27)23-8-22-10/h2-4,7-8,13,18H,5-6H2,1H3,(H4,21,24,25,29,31,32)/p+1/t13?,18-/m0/s1. The zero-order valence-electron chi connectivity index (χ0n) is 18.2. The molecule has 5 N–H and O–H groups in total. The quantitative estimate of drug-likeness (QED) is 0.142. The number of hydrogen-bond acceptors (Lipinski definition) is 10. The van der Waals surface area contributed by atoms with Crippen LogP contribution in [-0.4, -0.2) is 72.7 Å². The van der Waals surface area contributed by atoms with Crippen molar-refractivity contribution in [3.05, 3.63) is 47.0 Å². The smallest absolute Gasteiger partial charge is 0.352 e. The summed E-state index contributed by atoms with van der Waals surface area (Å²) in [5.41, 5.74) is 7.69. The molecule has 15 heteroatoms. The van der Waals surface area contributed by atoms with Gasteiger partial charge in [0.05, 0.1) is 6.20 Å². The highest BCUT2D eigenvalue weighted by atomic mass is 32.2. The molecule has 13 nitrogen and oxygen atoms in total. The third-order valence-corrected chi connectivity index (χ3v) is 7.52. The van der Waals surface area contributed by atoms with Gasteiger partial charge in [0.2, 0.25) is 6.33 Å². The molecule has 1 unspecified atom stereocenters. The van der Waals surface area contributed by atoms with Gasteiger partial charge in [-0.2, -0.15) is 0 Å². The Bertz CT molecular complexity index is 1410. The maximum atomic E-state index is 13.0. The number of nitrogens with one attached hydrogen (secondary N) is 2. The Labute approximate surface area is 205 Å². The molecule has 0 aliphatic carbocycles. The number of oxime groups is 1. The molecule has 2 atom stereocenters. The summed E-state index contributed by atoms with van der Waals surface area (Å²) in [6, 6.07) is 2.77. The number of carboxylic acid groups (broad SMARTS) is 1. The van der Waals surface area contributed by atoms with E-state index in [9.17, 15) is 19.5 Å². The number of nitrogen functional groups attached to an aromatic ring is 1. The maximum absolute atomic E-state index is 13.0. The first-order valence-corrected chi connectivity index (χ1v) is 12.2. The molecule has 1 fully saturated rings. The number of hydrogen-bond donors (Lipinski definition) is 4. The first-order chi connectivity index (χ1) is 16.9. The number of β-lactam (4-membered cyclic amide) rings is 1. The van der Waals surface area contributed by atoms with Crippen LogP contribution in [0.1, 0.15) is 5.69 Å². The highest BCUT2D eigenvalue weighted by molar-refractivity contribution is 8.00. The maximum Gasteiger partial charge on any atom is 0.352 e. The SMILES string of the molecule is CON=C(C(=O)NC1C(=O)N2C(C(=O)O)=C(C[n+]3cccc4[nH]cnc43)CS[C@@H]12)c1csc(N)n1. The predicted molar refractivity (Wildman–Crippen MR) is 126 cm³/mol. The van der Waals surface area contributed by atoms with Crippen molar-refractivity contribution >= 4 is 62.9 Å². The zero-order chi connectivity index (χ0) is 24.7. The number of rotatable bonds is 7. The number of pyridine rings is 1. The van der Waals surface area contributed by atoms with Gasteiger partial charge >= 0.3 is 11.6 Å². The highest BCUT2D eigenvalue weighted by Crippen LogP contribution is 2.40. The third kappa shape index (κ3) is 3.97. The van der Waals surface area contributed by atoms with E-state index in [1.165, 1.54) is 23.8 Å². The molecule has 2 aliphatic rings. The summed E-state index contributed by atoms with van der Waals surface area (Å²) in [6.45, 7) is 0.250. The Hall–Kier alpha value is -3.98. The molecular formula is C20H19N8O5S2+. The van der Waals surface area contributed by atoms with Gasteiger partial charge in [0.1, 0.15) is 42.0 Å². The average molecular weight is 516 g/mol. The summed E-state index contributed by atoms with van der Waals surface area (Å²) < 4.78 is 1.82. The van der Waals surface area contributed by atoms with Crippen molar-refractivity contribution in [1.29, 1.82) is 0 Å². The lowest BCUT2D eigenvalue weighted by Crippen LogP contribution is -2.71. The molecular weight excluding hydrogens is 496 g/mol. The molecule has 35 heavy (non-hydrogen) atoms.